The van der Waals surface area contributed by atoms with Gasteiger partial charge in [0.25, 0.3) is 0 Å². The maximum Gasteiger partial charge on any atom is 0.0787 e. The van der Waals surface area contributed by atoms with Gasteiger partial charge in [0, 0.05) is 0 Å². The fourth-order valence-corrected chi connectivity index (χ4v) is 1.62. The molecule has 2 rings (SSSR count). The summed E-state index contributed by atoms with van der Waals surface area (Å²) in [5, 5.41) is 9.33. The Morgan fingerprint density at radius 3 is 1.72 bits per heavy atom. The zero-order chi connectivity index (χ0) is 13.2. The van der Waals surface area contributed by atoms with Gasteiger partial charge in [0.15, 0.2) is 0 Å². The van der Waals surface area contributed by atoms with Crippen LogP contribution in [0.15, 0.2) is 60.7 Å². The summed E-state index contributed by atoms with van der Waals surface area (Å²) < 4.78 is 0. The SMILES string of the molecule is CCC(O)c1ccccc1.CCc1ccccc1. The van der Waals surface area contributed by atoms with Crippen molar-refractivity contribution < 1.29 is 5.11 Å². The second-order valence-electron chi connectivity index (χ2n) is 4.17. The van der Waals surface area contributed by atoms with Gasteiger partial charge in [0.05, 0.1) is 6.10 Å². The predicted octanol–water partition coefficient (Wildman–Crippen LogP) is 4.38. The standard InChI is InChI=1S/C9H12O.C8H10/c1-2-9(10)8-6-4-3-5-7-8;1-2-8-6-4-3-5-7-8/h3-7,9-10H,2H2,1H3;3-7H,2H2,1H3. The molecule has 0 heterocycles. The fourth-order valence-electron chi connectivity index (χ4n) is 1.62. The normalized spacial score (nSPS) is 11.3. The summed E-state index contributed by atoms with van der Waals surface area (Å²) in [5.41, 5.74) is 2.41. The minimum absolute atomic E-state index is 0.291. The highest BCUT2D eigenvalue weighted by atomic mass is 16.3. The van der Waals surface area contributed by atoms with Crippen molar-refractivity contribution in [1.29, 1.82) is 0 Å². The van der Waals surface area contributed by atoms with Gasteiger partial charge in [-0.2, -0.15) is 0 Å². The zero-order valence-corrected chi connectivity index (χ0v) is 11.2. The molecule has 1 heteroatoms. The highest BCUT2D eigenvalue weighted by Crippen LogP contribution is 2.14. The van der Waals surface area contributed by atoms with Crippen molar-refractivity contribution in [3.05, 3.63) is 71.8 Å². The van der Waals surface area contributed by atoms with Crippen LogP contribution in [0.5, 0.6) is 0 Å². The molecule has 0 aromatic heterocycles. The Balaban J connectivity index is 0.000000184. The summed E-state index contributed by atoms with van der Waals surface area (Å²) in [5.74, 6) is 0. The molecule has 0 bridgehead atoms. The Morgan fingerprint density at radius 2 is 1.33 bits per heavy atom. The number of aryl methyl sites for hydroxylation is 1. The van der Waals surface area contributed by atoms with E-state index in [1.165, 1.54) is 5.56 Å². The number of rotatable bonds is 3. The van der Waals surface area contributed by atoms with Gasteiger partial charge in [0.2, 0.25) is 0 Å². The molecule has 1 N–H and O–H groups in total. The molecule has 0 fully saturated rings. The van der Waals surface area contributed by atoms with Gasteiger partial charge in [-0.3, -0.25) is 0 Å². The number of aliphatic hydroxyl groups excluding tert-OH is 1. The molecule has 0 aliphatic rings. The molecule has 0 radical (unpaired) electrons. The molecule has 2 aromatic rings. The van der Waals surface area contributed by atoms with Crippen molar-refractivity contribution in [3.63, 3.8) is 0 Å². The Kier molecular flexibility index (Phi) is 6.82. The minimum Gasteiger partial charge on any atom is -0.388 e. The van der Waals surface area contributed by atoms with E-state index in [9.17, 15) is 5.11 Å². The van der Waals surface area contributed by atoms with E-state index in [2.05, 4.69) is 31.2 Å². The Labute approximate surface area is 110 Å². The van der Waals surface area contributed by atoms with Crippen molar-refractivity contribution >= 4 is 0 Å². The first-order chi connectivity index (χ1) is 8.77. The average molecular weight is 242 g/mol. The van der Waals surface area contributed by atoms with Gasteiger partial charge in [-0.05, 0) is 24.0 Å². The van der Waals surface area contributed by atoms with E-state index in [0.29, 0.717) is 0 Å². The predicted molar refractivity (Wildman–Crippen MR) is 77.5 cm³/mol. The van der Waals surface area contributed by atoms with Crippen LogP contribution in [0.25, 0.3) is 0 Å². The number of aliphatic hydroxyl groups is 1. The molecule has 96 valence electrons. The van der Waals surface area contributed by atoms with Crippen LogP contribution in [-0.2, 0) is 6.42 Å². The molecule has 18 heavy (non-hydrogen) atoms. The summed E-state index contributed by atoms with van der Waals surface area (Å²) in [7, 11) is 0. The van der Waals surface area contributed by atoms with Crippen LogP contribution in [0, 0.1) is 0 Å². The van der Waals surface area contributed by atoms with Gasteiger partial charge in [-0.15, -0.1) is 0 Å². The summed E-state index contributed by atoms with van der Waals surface area (Å²) in [6.07, 6.45) is 1.63. The van der Waals surface area contributed by atoms with Crippen molar-refractivity contribution in [1.82, 2.24) is 0 Å². The van der Waals surface area contributed by atoms with Gasteiger partial charge in [-0.1, -0.05) is 74.5 Å². The molecule has 0 saturated carbocycles. The Morgan fingerprint density at radius 1 is 0.833 bits per heavy atom. The molecule has 0 amide bonds. The van der Waals surface area contributed by atoms with E-state index >= 15 is 0 Å². The van der Waals surface area contributed by atoms with Crippen LogP contribution < -0.4 is 0 Å². The Hall–Kier alpha value is -1.60. The summed E-state index contributed by atoms with van der Waals surface area (Å²) >= 11 is 0. The average Bonchev–Trinajstić information content (AvgIpc) is 2.49. The van der Waals surface area contributed by atoms with Crippen molar-refractivity contribution in [2.75, 3.05) is 0 Å². The third-order valence-electron chi connectivity index (χ3n) is 2.82. The van der Waals surface area contributed by atoms with E-state index in [0.717, 1.165) is 18.4 Å². The highest BCUT2D eigenvalue weighted by Gasteiger charge is 2.00. The second-order valence-corrected chi connectivity index (χ2v) is 4.17. The second kappa shape index (κ2) is 8.48. The number of hydrogen-bond acceptors (Lipinski definition) is 1. The monoisotopic (exact) mass is 242 g/mol. The lowest BCUT2D eigenvalue weighted by molar-refractivity contribution is 0.173. The van der Waals surface area contributed by atoms with Gasteiger partial charge in [0.1, 0.15) is 0 Å². The maximum absolute atomic E-state index is 9.33. The van der Waals surface area contributed by atoms with Gasteiger partial charge < -0.3 is 5.11 Å². The van der Waals surface area contributed by atoms with Crippen LogP contribution >= 0.6 is 0 Å². The molecule has 0 saturated heterocycles. The third-order valence-corrected chi connectivity index (χ3v) is 2.82. The molecule has 2 aromatic carbocycles. The van der Waals surface area contributed by atoms with Crippen LogP contribution in [0.1, 0.15) is 37.5 Å². The van der Waals surface area contributed by atoms with Crippen molar-refractivity contribution in [2.24, 2.45) is 0 Å². The summed E-state index contributed by atoms with van der Waals surface area (Å²) in [4.78, 5) is 0. The smallest absolute Gasteiger partial charge is 0.0787 e. The van der Waals surface area contributed by atoms with Crippen molar-refractivity contribution in [2.45, 2.75) is 32.8 Å². The number of hydrogen-bond donors (Lipinski definition) is 1. The zero-order valence-electron chi connectivity index (χ0n) is 11.2. The van der Waals surface area contributed by atoms with Crippen LogP contribution in [0.2, 0.25) is 0 Å². The largest absolute Gasteiger partial charge is 0.388 e. The molecule has 1 nitrogen and oxygen atoms in total. The third kappa shape index (κ3) is 5.15. The first kappa shape index (κ1) is 14.5. The fraction of sp³-hybridized carbons (Fsp3) is 0.294. The van der Waals surface area contributed by atoms with Crippen LogP contribution in [-0.4, -0.2) is 5.11 Å². The minimum atomic E-state index is -0.291. The molecule has 0 aliphatic heterocycles. The lowest BCUT2D eigenvalue weighted by Gasteiger charge is -2.05. The summed E-state index contributed by atoms with van der Waals surface area (Å²) in [6, 6.07) is 20.2. The highest BCUT2D eigenvalue weighted by molar-refractivity contribution is 5.16. The van der Waals surface area contributed by atoms with E-state index in [1.54, 1.807) is 0 Å². The Bertz CT molecular complexity index is 408. The molecular formula is C17H22O. The van der Waals surface area contributed by atoms with E-state index in [-0.39, 0.29) is 6.10 Å². The first-order valence-electron chi connectivity index (χ1n) is 6.54. The van der Waals surface area contributed by atoms with E-state index in [4.69, 9.17) is 0 Å². The lowest BCUT2D eigenvalue weighted by atomic mass is 10.1. The number of benzene rings is 2. The maximum atomic E-state index is 9.33. The van der Waals surface area contributed by atoms with Gasteiger partial charge in [-0.25, -0.2) is 0 Å². The van der Waals surface area contributed by atoms with Gasteiger partial charge >= 0.3 is 0 Å². The first-order valence-corrected chi connectivity index (χ1v) is 6.54. The molecule has 0 aliphatic carbocycles. The quantitative estimate of drug-likeness (QED) is 0.847. The van der Waals surface area contributed by atoms with E-state index < -0.39 is 0 Å². The lowest BCUT2D eigenvalue weighted by Crippen LogP contribution is -1.93. The summed E-state index contributed by atoms with van der Waals surface area (Å²) in [6.45, 7) is 4.13. The topological polar surface area (TPSA) is 20.2 Å². The molecule has 0 spiro atoms. The molecule has 1 atom stereocenters. The van der Waals surface area contributed by atoms with Crippen LogP contribution in [0.3, 0.4) is 0 Å². The molecule has 1 unspecified atom stereocenters. The molecular weight excluding hydrogens is 220 g/mol. The van der Waals surface area contributed by atoms with E-state index in [1.807, 2.05) is 43.3 Å². The van der Waals surface area contributed by atoms with Crippen molar-refractivity contribution in [3.8, 4) is 0 Å². The van der Waals surface area contributed by atoms with Crippen LogP contribution in [0.4, 0.5) is 0 Å².